The molecule has 6 heteroatoms. The van der Waals surface area contributed by atoms with Crippen LogP contribution < -0.4 is 5.32 Å². The Balaban J connectivity index is 1.95. The highest BCUT2D eigenvalue weighted by Crippen LogP contribution is 2.14. The molecule has 1 fully saturated rings. The molecule has 76 valence electrons. The molecule has 0 aliphatic carbocycles. The second-order valence-corrected chi connectivity index (χ2v) is 4.90. The topological polar surface area (TPSA) is 51.2 Å². The smallest absolute Gasteiger partial charge is 0.271 e. The summed E-state index contributed by atoms with van der Waals surface area (Å²) in [6, 6.07) is 0.0456. The van der Waals surface area contributed by atoms with E-state index >= 15 is 0 Å². The number of nitrogens with one attached hydrogen (secondary N) is 1. The zero-order valence-corrected chi connectivity index (χ0v) is 9.68. The molecule has 1 aromatic rings. The largest absolute Gasteiger partial charge is 0.378 e. The quantitative estimate of drug-likeness (QED) is 0.822. The van der Waals surface area contributed by atoms with Crippen molar-refractivity contribution in [3.8, 4) is 0 Å². The summed E-state index contributed by atoms with van der Waals surface area (Å²) in [5, 5.41) is 4.59. The van der Waals surface area contributed by atoms with Crippen molar-refractivity contribution in [2.45, 2.75) is 10.9 Å². The van der Waals surface area contributed by atoms with Gasteiger partial charge < -0.3 is 10.1 Å². The molecule has 1 saturated heterocycles. The molecule has 1 aromatic heterocycles. The molecule has 2 unspecified atom stereocenters. The molecule has 1 aliphatic rings. The van der Waals surface area contributed by atoms with Crippen molar-refractivity contribution in [2.24, 2.45) is 0 Å². The highest BCUT2D eigenvalue weighted by molar-refractivity contribution is 9.09. The molecule has 0 bridgehead atoms. The number of amides is 1. The zero-order chi connectivity index (χ0) is 9.97. The van der Waals surface area contributed by atoms with Gasteiger partial charge in [-0.05, 0) is 0 Å². The van der Waals surface area contributed by atoms with Gasteiger partial charge in [-0.25, -0.2) is 4.98 Å². The molecule has 2 heterocycles. The van der Waals surface area contributed by atoms with Gasteiger partial charge in [0.1, 0.15) is 5.69 Å². The minimum Gasteiger partial charge on any atom is -0.378 e. The van der Waals surface area contributed by atoms with E-state index < -0.39 is 0 Å². The van der Waals surface area contributed by atoms with E-state index in [1.165, 1.54) is 11.3 Å². The van der Waals surface area contributed by atoms with Crippen LogP contribution in [0.5, 0.6) is 0 Å². The van der Waals surface area contributed by atoms with E-state index in [1.54, 1.807) is 10.9 Å². The van der Waals surface area contributed by atoms with Crippen LogP contribution >= 0.6 is 27.3 Å². The fourth-order valence-corrected chi connectivity index (χ4v) is 2.23. The molecular formula is C8H9BrN2O2S. The van der Waals surface area contributed by atoms with Crippen molar-refractivity contribution in [1.82, 2.24) is 10.3 Å². The molecule has 1 aliphatic heterocycles. The Morgan fingerprint density at radius 1 is 1.71 bits per heavy atom. The summed E-state index contributed by atoms with van der Waals surface area (Å²) in [7, 11) is 0. The number of hydrogen-bond acceptors (Lipinski definition) is 4. The third-order valence-corrected chi connectivity index (χ3v) is 3.48. The minimum atomic E-state index is -0.133. The van der Waals surface area contributed by atoms with Gasteiger partial charge in [-0.1, -0.05) is 15.9 Å². The Kier molecular flexibility index (Phi) is 3.15. The third-order valence-electron chi connectivity index (χ3n) is 1.99. The number of carbonyl (C=O) groups excluding carboxylic acids is 1. The maximum Gasteiger partial charge on any atom is 0.271 e. The van der Waals surface area contributed by atoms with Crippen molar-refractivity contribution in [2.75, 3.05) is 13.2 Å². The van der Waals surface area contributed by atoms with E-state index in [1.807, 2.05) is 0 Å². The van der Waals surface area contributed by atoms with Crippen molar-refractivity contribution in [1.29, 1.82) is 0 Å². The van der Waals surface area contributed by atoms with E-state index in [2.05, 4.69) is 26.2 Å². The number of ether oxygens (including phenoxy) is 1. The lowest BCUT2D eigenvalue weighted by atomic mass is 10.2. The van der Waals surface area contributed by atoms with Crippen LogP contribution in [-0.4, -0.2) is 35.0 Å². The van der Waals surface area contributed by atoms with Crippen molar-refractivity contribution in [3.63, 3.8) is 0 Å². The van der Waals surface area contributed by atoms with Crippen LogP contribution in [0.15, 0.2) is 10.9 Å². The van der Waals surface area contributed by atoms with Crippen LogP contribution in [0.2, 0.25) is 0 Å². The monoisotopic (exact) mass is 276 g/mol. The molecule has 0 aromatic carbocycles. The van der Waals surface area contributed by atoms with Crippen molar-refractivity contribution < 1.29 is 9.53 Å². The summed E-state index contributed by atoms with van der Waals surface area (Å²) in [5.74, 6) is -0.133. The summed E-state index contributed by atoms with van der Waals surface area (Å²) >= 11 is 4.85. The predicted octanol–water partition coefficient (Wildman–Crippen LogP) is 1.04. The second-order valence-electron chi connectivity index (χ2n) is 3.01. The summed E-state index contributed by atoms with van der Waals surface area (Å²) in [6.07, 6.45) is 0. The number of alkyl halides is 1. The zero-order valence-electron chi connectivity index (χ0n) is 7.27. The molecule has 2 atom stereocenters. The lowest BCUT2D eigenvalue weighted by molar-refractivity contribution is 0.0926. The Morgan fingerprint density at radius 2 is 2.57 bits per heavy atom. The predicted molar refractivity (Wildman–Crippen MR) is 56.9 cm³/mol. The third kappa shape index (κ3) is 2.13. The molecule has 14 heavy (non-hydrogen) atoms. The van der Waals surface area contributed by atoms with Gasteiger partial charge in [0.05, 0.1) is 29.6 Å². The molecule has 0 radical (unpaired) electrons. The first-order valence-corrected chi connectivity index (χ1v) is 6.04. The fraction of sp³-hybridized carbons (Fsp3) is 0.500. The van der Waals surface area contributed by atoms with E-state index in [4.69, 9.17) is 4.74 Å². The fourth-order valence-electron chi connectivity index (χ4n) is 1.23. The lowest BCUT2D eigenvalue weighted by Crippen LogP contribution is -2.40. The van der Waals surface area contributed by atoms with Crippen molar-refractivity contribution in [3.05, 3.63) is 16.6 Å². The van der Waals surface area contributed by atoms with E-state index in [0.717, 1.165) is 0 Å². The van der Waals surface area contributed by atoms with Crippen molar-refractivity contribution >= 4 is 33.2 Å². The molecular weight excluding hydrogens is 268 g/mol. The van der Waals surface area contributed by atoms with Crippen LogP contribution in [0.4, 0.5) is 0 Å². The molecule has 0 spiro atoms. The maximum absolute atomic E-state index is 11.6. The van der Waals surface area contributed by atoms with Gasteiger partial charge >= 0.3 is 0 Å². The SMILES string of the molecule is O=C(NC1COCC1Br)c1cscn1. The van der Waals surface area contributed by atoms with E-state index in [9.17, 15) is 4.79 Å². The number of nitrogens with zero attached hydrogens (tertiary/aromatic N) is 1. The van der Waals surface area contributed by atoms with Gasteiger partial charge in [-0.3, -0.25) is 4.79 Å². The normalized spacial score (nSPS) is 26.4. The standard InChI is InChI=1S/C8H9BrN2O2S/c9-5-1-13-2-6(5)11-8(12)7-3-14-4-10-7/h3-6H,1-2H2,(H,11,12). The number of halogens is 1. The first-order chi connectivity index (χ1) is 6.77. The van der Waals surface area contributed by atoms with Crippen LogP contribution in [0.1, 0.15) is 10.5 Å². The van der Waals surface area contributed by atoms with Crippen LogP contribution in [0.25, 0.3) is 0 Å². The van der Waals surface area contributed by atoms with E-state index in [0.29, 0.717) is 18.9 Å². The summed E-state index contributed by atoms with van der Waals surface area (Å²) in [4.78, 5) is 15.7. The van der Waals surface area contributed by atoms with Gasteiger partial charge in [-0.15, -0.1) is 11.3 Å². The molecule has 1 amide bonds. The second kappa shape index (κ2) is 4.37. The van der Waals surface area contributed by atoms with Gasteiger partial charge in [-0.2, -0.15) is 0 Å². The molecule has 2 rings (SSSR count). The van der Waals surface area contributed by atoms with Gasteiger partial charge in [0.25, 0.3) is 5.91 Å². The first-order valence-electron chi connectivity index (χ1n) is 4.18. The van der Waals surface area contributed by atoms with E-state index in [-0.39, 0.29) is 16.8 Å². The number of thiazole rings is 1. The van der Waals surface area contributed by atoms with Gasteiger partial charge in [0.15, 0.2) is 0 Å². The Bertz CT molecular complexity index is 317. The maximum atomic E-state index is 11.6. The molecule has 4 nitrogen and oxygen atoms in total. The summed E-state index contributed by atoms with van der Waals surface area (Å²) in [6.45, 7) is 1.20. The summed E-state index contributed by atoms with van der Waals surface area (Å²) < 4.78 is 5.21. The highest BCUT2D eigenvalue weighted by Gasteiger charge is 2.27. The molecule has 0 saturated carbocycles. The Labute approximate surface area is 93.8 Å². The number of rotatable bonds is 2. The average molecular weight is 277 g/mol. The lowest BCUT2D eigenvalue weighted by Gasteiger charge is -2.12. The Morgan fingerprint density at radius 3 is 3.14 bits per heavy atom. The Hall–Kier alpha value is -0.460. The minimum absolute atomic E-state index is 0.0456. The van der Waals surface area contributed by atoms with Crippen LogP contribution in [0, 0.1) is 0 Å². The number of aromatic nitrogens is 1. The molecule has 1 N–H and O–H groups in total. The van der Waals surface area contributed by atoms with Crippen LogP contribution in [0.3, 0.4) is 0 Å². The average Bonchev–Trinajstić information content (AvgIpc) is 2.77. The number of carbonyl (C=O) groups is 1. The highest BCUT2D eigenvalue weighted by atomic mass is 79.9. The first kappa shape index (κ1) is 10.1. The van der Waals surface area contributed by atoms with Crippen LogP contribution in [-0.2, 0) is 4.74 Å². The van der Waals surface area contributed by atoms with Gasteiger partial charge in [0.2, 0.25) is 0 Å². The number of hydrogen-bond donors (Lipinski definition) is 1. The van der Waals surface area contributed by atoms with Gasteiger partial charge in [0, 0.05) is 5.38 Å². The summed E-state index contributed by atoms with van der Waals surface area (Å²) in [5.41, 5.74) is 2.12.